The fourth-order valence-corrected chi connectivity index (χ4v) is 5.70. The zero-order chi connectivity index (χ0) is 18.7. The Morgan fingerprint density at radius 3 is 1.68 bits per heavy atom. The Hall–Kier alpha value is -1.08. The van der Waals surface area contributed by atoms with Gasteiger partial charge in [0, 0.05) is 0 Å². The van der Waals surface area contributed by atoms with Crippen LogP contribution >= 0.6 is 11.6 Å². The molecule has 2 aromatic carbocycles. The molecule has 0 bridgehead atoms. The molecule has 0 aromatic heterocycles. The Balaban J connectivity index is 2.52. The van der Waals surface area contributed by atoms with Gasteiger partial charge in [0.2, 0.25) is 0 Å². The molecule has 0 spiro atoms. The molecule has 0 saturated heterocycles. The predicted octanol–water partition coefficient (Wildman–Crippen LogP) is 5.09. The van der Waals surface area contributed by atoms with Crippen LogP contribution in [-0.4, -0.2) is 20.2 Å². The van der Waals surface area contributed by atoms with Crippen molar-refractivity contribution in [2.24, 2.45) is 0 Å². The Kier molecular flexibility index (Phi) is 6.91. The summed E-state index contributed by atoms with van der Waals surface area (Å²) in [7, 11) is 0. The maximum absolute atomic E-state index is 11.3. The first-order valence-electron chi connectivity index (χ1n) is 8.86. The van der Waals surface area contributed by atoms with Gasteiger partial charge in [0.05, 0.1) is 0 Å². The standard InChI is InChI=1S/C22H27ClOSe/c1-13(2)17-11-19(14(3)4)21(20(12-17)15(5)6)25-18-9-7-16(8-10-18)22(23)24/h7-15H,1-6H3. The van der Waals surface area contributed by atoms with Crippen molar-refractivity contribution < 1.29 is 4.79 Å². The molecule has 0 aliphatic carbocycles. The maximum atomic E-state index is 11.3. The molecular weight excluding hydrogens is 395 g/mol. The summed E-state index contributed by atoms with van der Waals surface area (Å²) in [6, 6.07) is 12.5. The molecule has 0 aliphatic heterocycles. The van der Waals surface area contributed by atoms with Crippen molar-refractivity contribution in [1.82, 2.24) is 0 Å². The van der Waals surface area contributed by atoms with Crippen LogP contribution in [0.25, 0.3) is 0 Å². The van der Waals surface area contributed by atoms with Gasteiger partial charge >= 0.3 is 163 Å². The topological polar surface area (TPSA) is 17.1 Å². The van der Waals surface area contributed by atoms with Crippen molar-refractivity contribution in [2.75, 3.05) is 0 Å². The predicted molar refractivity (Wildman–Crippen MR) is 110 cm³/mol. The molecule has 2 rings (SSSR count). The van der Waals surface area contributed by atoms with Crippen LogP contribution in [0.15, 0.2) is 36.4 Å². The van der Waals surface area contributed by atoms with E-state index in [1.807, 2.05) is 24.3 Å². The van der Waals surface area contributed by atoms with Gasteiger partial charge in [-0.1, -0.05) is 0 Å². The van der Waals surface area contributed by atoms with Gasteiger partial charge in [0.15, 0.2) is 0 Å². The Labute approximate surface area is 163 Å². The summed E-state index contributed by atoms with van der Waals surface area (Å²) in [6.45, 7) is 13.6. The molecule has 25 heavy (non-hydrogen) atoms. The first-order chi connectivity index (χ1) is 11.7. The minimum atomic E-state index is -0.397. The second-order valence-electron chi connectivity index (χ2n) is 7.39. The van der Waals surface area contributed by atoms with E-state index in [0.29, 0.717) is 23.3 Å². The van der Waals surface area contributed by atoms with Crippen molar-refractivity contribution >= 4 is 40.7 Å². The molecule has 3 heteroatoms. The summed E-state index contributed by atoms with van der Waals surface area (Å²) in [5.74, 6) is 1.53. The zero-order valence-electron chi connectivity index (χ0n) is 15.9. The summed E-state index contributed by atoms with van der Waals surface area (Å²) in [5.41, 5.74) is 4.92. The third kappa shape index (κ3) is 4.97. The summed E-state index contributed by atoms with van der Waals surface area (Å²) < 4.78 is 2.77. The van der Waals surface area contributed by atoms with Crippen LogP contribution in [-0.2, 0) is 0 Å². The van der Waals surface area contributed by atoms with Gasteiger partial charge in [0.1, 0.15) is 0 Å². The number of carbonyl (C=O) groups is 1. The van der Waals surface area contributed by atoms with E-state index in [2.05, 4.69) is 53.7 Å². The number of halogens is 1. The Morgan fingerprint density at radius 1 is 0.840 bits per heavy atom. The van der Waals surface area contributed by atoms with E-state index in [1.165, 1.54) is 25.6 Å². The third-order valence-corrected chi connectivity index (χ3v) is 7.08. The Bertz CT molecular complexity index is 716. The van der Waals surface area contributed by atoms with E-state index in [9.17, 15) is 4.79 Å². The normalized spacial score (nSPS) is 11.6. The average molecular weight is 422 g/mol. The van der Waals surface area contributed by atoms with Crippen LogP contribution in [0.2, 0.25) is 0 Å². The summed E-state index contributed by atoms with van der Waals surface area (Å²) >= 11 is 5.77. The van der Waals surface area contributed by atoms with E-state index in [1.54, 1.807) is 0 Å². The first kappa shape index (κ1) is 20.2. The SMILES string of the molecule is CC(C)c1cc(C(C)C)c([Se]c2ccc(C(=O)Cl)cc2)c(C(C)C)c1. The zero-order valence-corrected chi connectivity index (χ0v) is 18.4. The van der Waals surface area contributed by atoms with Crippen LogP contribution in [0, 0.1) is 0 Å². The molecule has 0 heterocycles. The van der Waals surface area contributed by atoms with Crippen LogP contribution in [0.1, 0.15) is 86.3 Å². The number of hydrogen-bond donors (Lipinski definition) is 0. The summed E-state index contributed by atoms with van der Waals surface area (Å²) in [4.78, 5) is 11.3. The van der Waals surface area contributed by atoms with Crippen LogP contribution < -0.4 is 8.92 Å². The molecular formula is C22H27ClOSe. The molecule has 0 unspecified atom stereocenters. The molecule has 0 aliphatic rings. The molecule has 2 aromatic rings. The van der Waals surface area contributed by atoms with Crippen LogP contribution in [0.5, 0.6) is 0 Å². The van der Waals surface area contributed by atoms with Crippen molar-refractivity contribution in [3.8, 4) is 0 Å². The van der Waals surface area contributed by atoms with Crippen molar-refractivity contribution in [3.63, 3.8) is 0 Å². The van der Waals surface area contributed by atoms with Gasteiger partial charge in [-0.25, -0.2) is 0 Å². The van der Waals surface area contributed by atoms with E-state index in [0.717, 1.165) is 0 Å². The minimum absolute atomic E-state index is 0.211. The number of hydrogen-bond acceptors (Lipinski definition) is 1. The number of rotatable bonds is 6. The van der Waals surface area contributed by atoms with Crippen molar-refractivity contribution in [2.45, 2.75) is 59.3 Å². The van der Waals surface area contributed by atoms with Gasteiger partial charge < -0.3 is 0 Å². The fraction of sp³-hybridized carbons (Fsp3) is 0.409. The second kappa shape index (κ2) is 8.54. The molecule has 134 valence electrons. The fourth-order valence-electron chi connectivity index (χ4n) is 2.78. The van der Waals surface area contributed by atoms with Gasteiger partial charge in [-0.05, 0) is 0 Å². The molecule has 0 radical (unpaired) electrons. The van der Waals surface area contributed by atoms with Gasteiger partial charge in [0.25, 0.3) is 0 Å². The molecule has 0 N–H and O–H groups in total. The summed E-state index contributed by atoms with van der Waals surface area (Å²) in [5, 5.41) is -0.397. The van der Waals surface area contributed by atoms with E-state index < -0.39 is 5.24 Å². The quantitative estimate of drug-likeness (QED) is 0.469. The van der Waals surface area contributed by atoms with Gasteiger partial charge in [-0.2, -0.15) is 0 Å². The molecule has 1 nitrogen and oxygen atoms in total. The van der Waals surface area contributed by atoms with Crippen LogP contribution in [0.3, 0.4) is 0 Å². The van der Waals surface area contributed by atoms with Crippen molar-refractivity contribution in [3.05, 3.63) is 58.7 Å². The molecule has 0 fully saturated rings. The second-order valence-corrected chi connectivity index (χ2v) is 10.0. The first-order valence-corrected chi connectivity index (χ1v) is 10.9. The van der Waals surface area contributed by atoms with E-state index in [4.69, 9.17) is 11.6 Å². The van der Waals surface area contributed by atoms with Gasteiger partial charge in [-0.15, -0.1) is 0 Å². The average Bonchev–Trinajstić information content (AvgIpc) is 2.54. The molecule has 0 atom stereocenters. The third-order valence-electron chi connectivity index (χ3n) is 4.38. The molecule has 0 amide bonds. The summed E-state index contributed by atoms with van der Waals surface area (Å²) in [6.07, 6.45) is 0. The number of carbonyl (C=O) groups excluding carboxylic acids is 1. The van der Waals surface area contributed by atoms with Crippen molar-refractivity contribution in [1.29, 1.82) is 0 Å². The van der Waals surface area contributed by atoms with Gasteiger partial charge in [-0.3, -0.25) is 0 Å². The monoisotopic (exact) mass is 422 g/mol. The van der Waals surface area contributed by atoms with E-state index >= 15 is 0 Å². The Morgan fingerprint density at radius 2 is 1.32 bits per heavy atom. The van der Waals surface area contributed by atoms with Crippen LogP contribution in [0.4, 0.5) is 0 Å². The number of benzene rings is 2. The molecule has 0 saturated carbocycles. The van der Waals surface area contributed by atoms with E-state index in [-0.39, 0.29) is 15.0 Å².